The molecule has 0 amide bonds. The Hall–Kier alpha value is -0.640. The monoisotopic (exact) mass is 254 g/mol. The van der Waals surface area contributed by atoms with E-state index >= 15 is 0 Å². The summed E-state index contributed by atoms with van der Waals surface area (Å²) in [5.74, 6) is -0.0219. The predicted molar refractivity (Wildman–Crippen MR) is 73.2 cm³/mol. The first-order chi connectivity index (χ1) is 8.21. The average Bonchev–Trinajstić information content (AvgIpc) is 2.27. The molecule has 1 rings (SSSR count). The zero-order valence-corrected chi connectivity index (χ0v) is 11.5. The molecule has 1 aliphatic carbocycles. The van der Waals surface area contributed by atoms with Gasteiger partial charge >= 0.3 is 0 Å². The fourth-order valence-corrected chi connectivity index (χ4v) is 2.41. The van der Waals surface area contributed by atoms with Gasteiger partial charge in [-0.25, -0.2) is 0 Å². The highest BCUT2D eigenvalue weighted by Gasteiger charge is 2.30. The Morgan fingerprint density at radius 3 is 2.06 bits per heavy atom. The van der Waals surface area contributed by atoms with Crippen LogP contribution in [-0.4, -0.2) is 33.1 Å². The van der Waals surface area contributed by atoms with E-state index < -0.39 is 17.8 Å². The number of aliphatic hydroxyl groups excluding tert-OH is 2. The normalized spacial score (nSPS) is 32.4. The topological polar surface area (TPSA) is 60.7 Å². The van der Waals surface area contributed by atoms with Gasteiger partial charge in [0.1, 0.15) is 0 Å². The first kappa shape index (κ1) is 15.4. The second-order valence-corrected chi connectivity index (χ2v) is 6.01. The van der Waals surface area contributed by atoms with Crippen LogP contribution in [0.15, 0.2) is 24.3 Å². The second kappa shape index (κ2) is 6.00. The number of hydrogen-bond acceptors (Lipinski definition) is 3. The summed E-state index contributed by atoms with van der Waals surface area (Å²) in [5, 5.41) is 30.1. The Morgan fingerprint density at radius 2 is 1.50 bits per heavy atom. The second-order valence-electron chi connectivity index (χ2n) is 6.01. The van der Waals surface area contributed by atoms with Crippen molar-refractivity contribution in [2.45, 2.75) is 63.8 Å². The van der Waals surface area contributed by atoms with Gasteiger partial charge in [0.25, 0.3) is 0 Å². The molecule has 0 saturated heterocycles. The summed E-state index contributed by atoms with van der Waals surface area (Å²) in [5.41, 5.74) is 0.706. The van der Waals surface area contributed by atoms with Crippen molar-refractivity contribution in [3.8, 4) is 0 Å². The first-order valence-electron chi connectivity index (χ1n) is 6.65. The number of hydrogen-bond donors (Lipinski definition) is 3. The van der Waals surface area contributed by atoms with Gasteiger partial charge in [-0.1, -0.05) is 13.2 Å². The molecule has 0 aromatic rings. The summed E-state index contributed by atoms with van der Waals surface area (Å²) in [6, 6.07) is 0. The van der Waals surface area contributed by atoms with Crippen LogP contribution in [0.4, 0.5) is 0 Å². The molecule has 0 spiro atoms. The summed E-state index contributed by atoms with van der Waals surface area (Å²) in [6.45, 7) is 11.3. The molecule has 1 fully saturated rings. The first-order valence-corrected chi connectivity index (χ1v) is 6.65. The molecule has 0 bridgehead atoms. The summed E-state index contributed by atoms with van der Waals surface area (Å²) in [7, 11) is 0. The van der Waals surface area contributed by atoms with Gasteiger partial charge in [0.05, 0.1) is 17.8 Å². The molecule has 3 heteroatoms. The van der Waals surface area contributed by atoms with Crippen molar-refractivity contribution in [3.05, 3.63) is 24.3 Å². The minimum Gasteiger partial charge on any atom is -0.390 e. The minimum absolute atomic E-state index is 0.0219. The molecule has 18 heavy (non-hydrogen) atoms. The van der Waals surface area contributed by atoms with Gasteiger partial charge in [-0.3, -0.25) is 0 Å². The van der Waals surface area contributed by atoms with Crippen LogP contribution in [0.1, 0.15) is 46.0 Å². The van der Waals surface area contributed by atoms with Crippen molar-refractivity contribution < 1.29 is 15.3 Å². The van der Waals surface area contributed by atoms with Crippen LogP contribution in [-0.2, 0) is 0 Å². The Labute approximate surface area is 110 Å². The molecule has 0 aromatic heterocycles. The highest BCUT2D eigenvalue weighted by Crippen LogP contribution is 2.32. The van der Waals surface area contributed by atoms with Gasteiger partial charge < -0.3 is 15.3 Å². The van der Waals surface area contributed by atoms with E-state index in [2.05, 4.69) is 13.2 Å². The van der Waals surface area contributed by atoms with Crippen LogP contribution in [0.3, 0.4) is 0 Å². The van der Waals surface area contributed by atoms with Gasteiger partial charge in [-0.05, 0) is 63.0 Å². The van der Waals surface area contributed by atoms with E-state index in [4.69, 9.17) is 0 Å². The molecule has 0 aliphatic heterocycles. The predicted octanol–water partition coefficient (Wildman–Crippen LogP) is 2.17. The third-order valence-electron chi connectivity index (χ3n) is 4.00. The molecule has 104 valence electrons. The zero-order valence-electron chi connectivity index (χ0n) is 11.5. The summed E-state index contributed by atoms with van der Waals surface area (Å²) < 4.78 is 0. The lowest BCUT2D eigenvalue weighted by atomic mass is 9.79. The van der Waals surface area contributed by atoms with E-state index in [1.807, 2.05) is 0 Å². The standard InChI is InChI=1S/C15H26O3/c1-10-5-7-12(15(3,4)18)9-14(17)11(2)6-8-13(10)16/h12-14,16-18H,1-2,5-9H2,3-4H3. The van der Waals surface area contributed by atoms with Crippen molar-refractivity contribution in [3.63, 3.8) is 0 Å². The van der Waals surface area contributed by atoms with Gasteiger partial charge in [0, 0.05) is 0 Å². The van der Waals surface area contributed by atoms with Crippen molar-refractivity contribution in [1.29, 1.82) is 0 Å². The molecule has 0 heterocycles. The minimum atomic E-state index is -0.842. The fraction of sp³-hybridized carbons (Fsp3) is 0.733. The average molecular weight is 254 g/mol. The third kappa shape index (κ3) is 4.23. The summed E-state index contributed by atoms with van der Waals surface area (Å²) in [6.07, 6.45) is 1.97. The SMILES string of the molecule is C=C1CCC(C(C)(C)O)CC(O)C(=C)CCC1O. The van der Waals surface area contributed by atoms with E-state index in [9.17, 15) is 15.3 Å². The van der Waals surface area contributed by atoms with E-state index in [0.717, 1.165) is 17.6 Å². The maximum atomic E-state index is 10.1. The fourth-order valence-electron chi connectivity index (χ4n) is 2.41. The van der Waals surface area contributed by atoms with Crippen molar-refractivity contribution in [2.75, 3.05) is 0 Å². The quantitative estimate of drug-likeness (QED) is 0.628. The highest BCUT2D eigenvalue weighted by atomic mass is 16.3. The molecule has 0 aromatic carbocycles. The maximum absolute atomic E-state index is 10.1. The largest absolute Gasteiger partial charge is 0.390 e. The van der Waals surface area contributed by atoms with E-state index in [-0.39, 0.29) is 5.92 Å². The van der Waals surface area contributed by atoms with Crippen LogP contribution in [0.5, 0.6) is 0 Å². The molecule has 1 aliphatic rings. The molecule has 3 unspecified atom stereocenters. The molecule has 3 atom stereocenters. The zero-order chi connectivity index (χ0) is 13.9. The van der Waals surface area contributed by atoms with Crippen LogP contribution in [0.2, 0.25) is 0 Å². The van der Waals surface area contributed by atoms with Gasteiger partial charge in [0.15, 0.2) is 0 Å². The molecule has 3 nitrogen and oxygen atoms in total. The van der Waals surface area contributed by atoms with E-state index in [0.29, 0.717) is 25.7 Å². The van der Waals surface area contributed by atoms with Crippen LogP contribution >= 0.6 is 0 Å². The van der Waals surface area contributed by atoms with Crippen LogP contribution in [0, 0.1) is 5.92 Å². The van der Waals surface area contributed by atoms with E-state index in [1.54, 1.807) is 13.8 Å². The lowest BCUT2D eigenvalue weighted by Gasteiger charge is -2.33. The van der Waals surface area contributed by atoms with Crippen LogP contribution in [0.25, 0.3) is 0 Å². The molecular formula is C15H26O3. The van der Waals surface area contributed by atoms with Crippen molar-refractivity contribution in [2.24, 2.45) is 5.92 Å². The molecule has 3 N–H and O–H groups in total. The van der Waals surface area contributed by atoms with Crippen molar-refractivity contribution in [1.82, 2.24) is 0 Å². The lowest BCUT2D eigenvalue weighted by molar-refractivity contribution is -0.00785. The van der Waals surface area contributed by atoms with Gasteiger partial charge in [0.2, 0.25) is 0 Å². The Balaban J connectivity index is 2.82. The maximum Gasteiger partial charge on any atom is 0.0751 e. The molecule has 1 saturated carbocycles. The van der Waals surface area contributed by atoms with E-state index in [1.165, 1.54) is 0 Å². The smallest absolute Gasteiger partial charge is 0.0751 e. The Morgan fingerprint density at radius 1 is 1.00 bits per heavy atom. The molecule has 0 radical (unpaired) electrons. The Bertz CT molecular complexity index is 314. The number of rotatable bonds is 1. The van der Waals surface area contributed by atoms with Crippen molar-refractivity contribution >= 4 is 0 Å². The summed E-state index contributed by atoms with van der Waals surface area (Å²) in [4.78, 5) is 0. The summed E-state index contributed by atoms with van der Waals surface area (Å²) >= 11 is 0. The van der Waals surface area contributed by atoms with Crippen LogP contribution < -0.4 is 0 Å². The van der Waals surface area contributed by atoms with Gasteiger partial charge in [-0.15, -0.1) is 0 Å². The third-order valence-corrected chi connectivity index (χ3v) is 4.00. The molecular weight excluding hydrogens is 228 g/mol. The van der Waals surface area contributed by atoms with Gasteiger partial charge in [-0.2, -0.15) is 0 Å². The number of aliphatic hydroxyl groups is 3. The highest BCUT2D eigenvalue weighted by molar-refractivity contribution is 5.09. The lowest BCUT2D eigenvalue weighted by Crippen LogP contribution is -2.35. The Kier molecular flexibility index (Phi) is 5.14.